The van der Waals surface area contributed by atoms with Gasteiger partial charge in [0.15, 0.2) is 0 Å². The fourth-order valence-electron chi connectivity index (χ4n) is 2.36. The normalized spacial score (nSPS) is 10.7. The van der Waals surface area contributed by atoms with Gasteiger partial charge in [-0.25, -0.2) is 9.97 Å². The minimum Gasteiger partial charge on any atom is -0.364 e. The molecule has 0 unspecified atom stereocenters. The van der Waals surface area contributed by atoms with Crippen molar-refractivity contribution in [3.05, 3.63) is 58.0 Å². The summed E-state index contributed by atoms with van der Waals surface area (Å²) in [6, 6.07) is 7.12. The summed E-state index contributed by atoms with van der Waals surface area (Å²) in [5.74, 6) is 0.496. The van der Waals surface area contributed by atoms with Crippen molar-refractivity contribution >= 4 is 34.8 Å². The molecule has 3 aromatic rings. The minimum atomic E-state index is 0.496. The summed E-state index contributed by atoms with van der Waals surface area (Å²) in [7, 11) is 0. The van der Waals surface area contributed by atoms with E-state index in [0.29, 0.717) is 16.0 Å². The number of aromatic amines is 1. The molecule has 0 aliphatic rings. The molecule has 0 aliphatic carbocycles. The highest BCUT2D eigenvalue weighted by atomic mass is 35.5. The molecule has 0 bridgehead atoms. The van der Waals surface area contributed by atoms with Gasteiger partial charge in [-0.1, -0.05) is 23.2 Å². The largest absolute Gasteiger partial charge is 0.364 e. The molecule has 0 radical (unpaired) electrons. The number of nitrogens with zero attached hydrogens (tertiary/aromatic N) is 2. The van der Waals surface area contributed by atoms with Crippen molar-refractivity contribution in [2.75, 3.05) is 5.32 Å². The Morgan fingerprint density at radius 3 is 2.45 bits per heavy atom. The van der Waals surface area contributed by atoms with E-state index in [4.69, 9.17) is 23.2 Å². The van der Waals surface area contributed by atoms with Gasteiger partial charge >= 0.3 is 0 Å². The van der Waals surface area contributed by atoms with E-state index in [-0.39, 0.29) is 0 Å². The van der Waals surface area contributed by atoms with Crippen LogP contribution in [0, 0.1) is 13.8 Å². The van der Waals surface area contributed by atoms with Gasteiger partial charge in [0.2, 0.25) is 5.95 Å². The summed E-state index contributed by atoms with van der Waals surface area (Å²) < 4.78 is 0. The van der Waals surface area contributed by atoms with E-state index in [1.165, 1.54) is 0 Å². The van der Waals surface area contributed by atoms with E-state index in [1.807, 2.05) is 26.1 Å². The molecule has 2 aromatic heterocycles. The number of hydrogen-bond acceptors (Lipinski definition) is 3. The number of halogens is 2. The third-order valence-electron chi connectivity index (χ3n) is 3.30. The molecule has 4 nitrogen and oxygen atoms in total. The summed E-state index contributed by atoms with van der Waals surface area (Å²) >= 11 is 12.0. The Morgan fingerprint density at radius 2 is 1.82 bits per heavy atom. The lowest BCUT2D eigenvalue weighted by Crippen LogP contribution is -1.98. The molecular formula is C16H14Cl2N4. The monoisotopic (exact) mass is 332 g/mol. The Bertz CT molecular complexity index is 787. The second-order valence-corrected chi connectivity index (χ2v) is 5.89. The van der Waals surface area contributed by atoms with Crippen LogP contribution in [0.15, 0.2) is 36.7 Å². The Kier molecular flexibility index (Phi) is 4.05. The highest BCUT2D eigenvalue weighted by Crippen LogP contribution is 2.27. The maximum Gasteiger partial charge on any atom is 0.227 e. The number of anilines is 2. The van der Waals surface area contributed by atoms with Gasteiger partial charge < -0.3 is 10.3 Å². The maximum absolute atomic E-state index is 6.00. The predicted octanol–water partition coefficient (Wildman–Crippen LogP) is 5.14. The average Bonchev–Trinajstić information content (AvgIpc) is 2.77. The molecule has 112 valence electrons. The molecule has 0 atom stereocenters. The third kappa shape index (κ3) is 3.08. The van der Waals surface area contributed by atoms with Crippen LogP contribution in [0.2, 0.25) is 10.0 Å². The van der Waals surface area contributed by atoms with Crippen LogP contribution in [-0.2, 0) is 0 Å². The highest BCUT2D eigenvalue weighted by Gasteiger charge is 2.10. The van der Waals surface area contributed by atoms with Crippen molar-refractivity contribution in [3.63, 3.8) is 0 Å². The molecule has 0 spiro atoms. The zero-order valence-electron chi connectivity index (χ0n) is 12.1. The molecule has 3 rings (SSSR count). The molecule has 0 saturated carbocycles. The Labute approximate surface area is 138 Å². The van der Waals surface area contributed by atoms with Gasteiger partial charge in [-0.05, 0) is 43.7 Å². The van der Waals surface area contributed by atoms with E-state index < -0.39 is 0 Å². The van der Waals surface area contributed by atoms with Gasteiger partial charge in [0.05, 0.1) is 5.69 Å². The zero-order valence-corrected chi connectivity index (χ0v) is 13.6. The number of nitrogens with one attached hydrogen (secondary N) is 2. The quantitative estimate of drug-likeness (QED) is 0.698. The first-order valence-electron chi connectivity index (χ1n) is 6.74. The summed E-state index contributed by atoms with van der Waals surface area (Å²) in [6.07, 6.45) is 3.69. The molecule has 0 amide bonds. The van der Waals surface area contributed by atoms with E-state index in [0.717, 1.165) is 28.2 Å². The Balaban J connectivity index is 1.95. The molecule has 1 aromatic carbocycles. The first kappa shape index (κ1) is 14.9. The van der Waals surface area contributed by atoms with Gasteiger partial charge in [-0.3, -0.25) is 0 Å². The molecule has 2 heterocycles. The minimum absolute atomic E-state index is 0.496. The first-order valence-corrected chi connectivity index (χ1v) is 7.49. The summed E-state index contributed by atoms with van der Waals surface area (Å²) in [6.45, 7) is 4.07. The molecule has 2 N–H and O–H groups in total. The van der Waals surface area contributed by atoms with Crippen LogP contribution in [-0.4, -0.2) is 15.0 Å². The van der Waals surface area contributed by atoms with Crippen molar-refractivity contribution in [3.8, 4) is 11.3 Å². The number of aryl methyl sites for hydroxylation is 2. The Morgan fingerprint density at radius 1 is 1.09 bits per heavy atom. The molecule has 0 fully saturated rings. The van der Waals surface area contributed by atoms with Crippen LogP contribution < -0.4 is 5.32 Å². The van der Waals surface area contributed by atoms with E-state index in [2.05, 4.69) is 20.3 Å². The molecule has 0 aliphatic heterocycles. The number of rotatable bonds is 3. The second kappa shape index (κ2) is 5.99. The number of hydrogen-bond donors (Lipinski definition) is 2. The standard InChI is InChI=1S/C16H14Cl2N4/c1-9-8-20-10(2)15(9)14-3-4-19-16(22-14)21-13-6-11(17)5-12(18)7-13/h3-8,20H,1-2H3,(H,19,21,22). The van der Waals surface area contributed by atoms with E-state index in [9.17, 15) is 0 Å². The summed E-state index contributed by atoms with van der Waals surface area (Å²) in [4.78, 5) is 12.0. The van der Waals surface area contributed by atoms with Gasteiger partial charge in [-0.15, -0.1) is 0 Å². The second-order valence-electron chi connectivity index (χ2n) is 5.02. The smallest absolute Gasteiger partial charge is 0.227 e. The van der Waals surface area contributed by atoms with E-state index >= 15 is 0 Å². The van der Waals surface area contributed by atoms with Crippen LogP contribution in [0.5, 0.6) is 0 Å². The lowest BCUT2D eigenvalue weighted by atomic mass is 10.1. The number of benzene rings is 1. The maximum atomic E-state index is 6.00. The average molecular weight is 333 g/mol. The van der Waals surface area contributed by atoms with Crippen molar-refractivity contribution in [1.29, 1.82) is 0 Å². The number of aromatic nitrogens is 3. The van der Waals surface area contributed by atoms with E-state index in [1.54, 1.807) is 24.4 Å². The fraction of sp³-hybridized carbons (Fsp3) is 0.125. The lowest BCUT2D eigenvalue weighted by molar-refractivity contribution is 1.16. The molecule has 0 saturated heterocycles. The van der Waals surface area contributed by atoms with Gasteiger partial charge in [0.1, 0.15) is 0 Å². The first-order chi connectivity index (χ1) is 10.5. The topological polar surface area (TPSA) is 53.6 Å². The Hall–Kier alpha value is -2.04. The zero-order chi connectivity index (χ0) is 15.7. The lowest BCUT2D eigenvalue weighted by Gasteiger charge is -2.08. The highest BCUT2D eigenvalue weighted by molar-refractivity contribution is 6.35. The third-order valence-corrected chi connectivity index (χ3v) is 3.74. The van der Waals surface area contributed by atoms with Crippen molar-refractivity contribution in [2.45, 2.75) is 13.8 Å². The van der Waals surface area contributed by atoms with Crippen molar-refractivity contribution in [1.82, 2.24) is 15.0 Å². The van der Waals surface area contributed by atoms with Crippen LogP contribution in [0.1, 0.15) is 11.3 Å². The van der Waals surface area contributed by atoms with Crippen LogP contribution in [0.4, 0.5) is 11.6 Å². The van der Waals surface area contributed by atoms with Crippen molar-refractivity contribution in [2.24, 2.45) is 0 Å². The van der Waals surface area contributed by atoms with Gasteiger partial charge in [0.25, 0.3) is 0 Å². The van der Waals surface area contributed by atoms with Gasteiger partial charge in [-0.2, -0.15) is 0 Å². The van der Waals surface area contributed by atoms with Gasteiger partial charge in [0, 0.05) is 39.4 Å². The van der Waals surface area contributed by atoms with Crippen LogP contribution >= 0.6 is 23.2 Å². The molecule has 22 heavy (non-hydrogen) atoms. The number of H-pyrrole nitrogens is 1. The molecule has 6 heteroatoms. The van der Waals surface area contributed by atoms with Crippen LogP contribution in [0.3, 0.4) is 0 Å². The molecular weight excluding hydrogens is 319 g/mol. The summed E-state index contributed by atoms with van der Waals surface area (Å²) in [5, 5.41) is 4.24. The SMILES string of the molecule is Cc1c[nH]c(C)c1-c1ccnc(Nc2cc(Cl)cc(Cl)c2)n1. The predicted molar refractivity (Wildman–Crippen MR) is 91.0 cm³/mol. The van der Waals surface area contributed by atoms with Crippen molar-refractivity contribution < 1.29 is 0 Å². The summed E-state index contributed by atoms with van der Waals surface area (Å²) in [5.41, 5.74) is 4.93. The van der Waals surface area contributed by atoms with Crippen LogP contribution in [0.25, 0.3) is 11.3 Å². The fourth-order valence-corrected chi connectivity index (χ4v) is 2.89.